The predicted molar refractivity (Wildman–Crippen MR) is 89.1 cm³/mol. The van der Waals surface area contributed by atoms with Gasteiger partial charge in [0.05, 0.1) is 0 Å². The van der Waals surface area contributed by atoms with E-state index >= 15 is 0 Å². The molecular formula is C17H24N6. The zero-order valence-corrected chi connectivity index (χ0v) is 13.9. The standard InChI is InChI=1S/C17H24N6/c1-13-7-16(19-12-18-13)22(2)15-8-17(9-15)4-6-23(11-17)10-14-3-5-20-21-14/h3,5,7,12,15H,4,6,8-11H2,1-2H3,(H,20,21). The highest BCUT2D eigenvalue weighted by Crippen LogP contribution is 2.50. The zero-order valence-electron chi connectivity index (χ0n) is 13.9. The summed E-state index contributed by atoms with van der Waals surface area (Å²) < 4.78 is 0. The van der Waals surface area contributed by atoms with Crippen LogP contribution < -0.4 is 4.90 Å². The summed E-state index contributed by atoms with van der Waals surface area (Å²) in [7, 11) is 2.16. The Kier molecular flexibility index (Phi) is 3.56. The van der Waals surface area contributed by atoms with E-state index in [-0.39, 0.29) is 0 Å². The summed E-state index contributed by atoms with van der Waals surface area (Å²) in [4.78, 5) is 13.5. The van der Waals surface area contributed by atoms with Gasteiger partial charge in [0.15, 0.2) is 0 Å². The Bertz CT molecular complexity index is 661. The van der Waals surface area contributed by atoms with Crippen LogP contribution in [0.3, 0.4) is 0 Å². The van der Waals surface area contributed by atoms with Crippen LogP contribution in [0.5, 0.6) is 0 Å². The van der Waals surface area contributed by atoms with E-state index < -0.39 is 0 Å². The van der Waals surface area contributed by atoms with Crippen molar-refractivity contribution in [3.63, 3.8) is 0 Å². The average molecular weight is 312 g/mol. The Labute approximate surface area is 136 Å². The quantitative estimate of drug-likeness (QED) is 0.935. The van der Waals surface area contributed by atoms with Gasteiger partial charge in [-0.2, -0.15) is 5.10 Å². The van der Waals surface area contributed by atoms with Crippen LogP contribution in [0.1, 0.15) is 30.7 Å². The first-order valence-electron chi connectivity index (χ1n) is 8.36. The zero-order chi connectivity index (χ0) is 15.9. The fourth-order valence-corrected chi connectivity index (χ4v) is 4.14. The van der Waals surface area contributed by atoms with Gasteiger partial charge in [-0.15, -0.1) is 0 Å². The Morgan fingerprint density at radius 3 is 3.00 bits per heavy atom. The minimum atomic E-state index is 0.515. The van der Waals surface area contributed by atoms with Crippen LogP contribution in [-0.4, -0.2) is 51.2 Å². The van der Waals surface area contributed by atoms with Gasteiger partial charge in [0, 0.05) is 49.8 Å². The molecule has 1 saturated carbocycles. The number of aromatic nitrogens is 4. The lowest BCUT2D eigenvalue weighted by atomic mass is 9.64. The Hall–Kier alpha value is -1.95. The number of anilines is 1. The molecule has 0 radical (unpaired) electrons. The monoisotopic (exact) mass is 312 g/mol. The second-order valence-corrected chi connectivity index (χ2v) is 7.23. The van der Waals surface area contributed by atoms with Gasteiger partial charge in [-0.3, -0.25) is 10.00 Å². The van der Waals surface area contributed by atoms with E-state index in [1.54, 1.807) is 6.33 Å². The summed E-state index contributed by atoms with van der Waals surface area (Å²) in [6, 6.07) is 4.75. The van der Waals surface area contributed by atoms with E-state index in [2.05, 4.69) is 49.1 Å². The lowest BCUT2D eigenvalue weighted by molar-refractivity contribution is 0.106. The predicted octanol–water partition coefficient (Wildman–Crippen LogP) is 2.00. The number of aromatic amines is 1. The molecule has 2 aromatic heterocycles. The first kappa shape index (κ1) is 14.6. The van der Waals surface area contributed by atoms with Crippen LogP contribution in [0.25, 0.3) is 0 Å². The van der Waals surface area contributed by atoms with Crippen molar-refractivity contribution >= 4 is 5.82 Å². The second kappa shape index (κ2) is 5.60. The summed E-state index contributed by atoms with van der Waals surface area (Å²) >= 11 is 0. The van der Waals surface area contributed by atoms with Gasteiger partial charge in [0.2, 0.25) is 0 Å². The first-order chi connectivity index (χ1) is 11.1. The normalized spacial score (nSPS) is 27.3. The van der Waals surface area contributed by atoms with Crippen molar-refractivity contribution in [3.8, 4) is 0 Å². The van der Waals surface area contributed by atoms with Gasteiger partial charge in [-0.05, 0) is 44.2 Å². The Balaban J connectivity index is 1.34. The molecule has 6 heteroatoms. The summed E-state index contributed by atoms with van der Waals surface area (Å²) in [5.74, 6) is 1.05. The van der Waals surface area contributed by atoms with Crippen LogP contribution >= 0.6 is 0 Å². The highest BCUT2D eigenvalue weighted by Gasteiger charge is 2.49. The number of hydrogen-bond donors (Lipinski definition) is 1. The van der Waals surface area contributed by atoms with Gasteiger partial charge in [0.25, 0.3) is 0 Å². The number of aryl methyl sites for hydroxylation is 1. The maximum atomic E-state index is 4.42. The summed E-state index contributed by atoms with van der Waals surface area (Å²) in [5.41, 5.74) is 2.76. The molecule has 2 fully saturated rings. The van der Waals surface area contributed by atoms with Gasteiger partial charge >= 0.3 is 0 Å². The molecule has 0 aromatic carbocycles. The molecule has 23 heavy (non-hydrogen) atoms. The first-order valence-corrected chi connectivity index (χ1v) is 8.36. The topological polar surface area (TPSA) is 60.9 Å². The van der Waals surface area contributed by atoms with E-state index in [0.717, 1.165) is 18.1 Å². The fraction of sp³-hybridized carbons (Fsp3) is 0.588. The maximum Gasteiger partial charge on any atom is 0.132 e. The van der Waals surface area contributed by atoms with Gasteiger partial charge < -0.3 is 4.90 Å². The molecule has 0 amide bonds. The van der Waals surface area contributed by atoms with Crippen LogP contribution in [0.15, 0.2) is 24.7 Å². The fourth-order valence-electron chi connectivity index (χ4n) is 4.14. The molecule has 2 aliphatic rings. The van der Waals surface area contributed by atoms with Crippen molar-refractivity contribution in [2.45, 2.75) is 38.8 Å². The molecule has 1 saturated heterocycles. The van der Waals surface area contributed by atoms with Gasteiger partial charge in [0.1, 0.15) is 12.1 Å². The van der Waals surface area contributed by atoms with Gasteiger partial charge in [-0.1, -0.05) is 0 Å². The summed E-state index contributed by atoms with van der Waals surface area (Å²) in [6.07, 6.45) is 7.35. The summed E-state index contributed by atoms with van der Waals surface area (Å²) in [5, 5.41) is 7.11. The molecule has 4 rings (SSSR count). The number of nitrogens with one attached hydrogen (secondary N) is 1. The molecule has 122 valence electrons. The van der Waals surface area contributed by atoms with E-state index in [1.807, 2.05) is 13.1 Å². The largest absolute Gasteiger partial charge is 0.357 e. The van der Waals surface area contributed by atoms with Crippen molar-refractivity contribution in [3.05, 3.63) is 36.0 Å². The minimum absolute atomic E-state index is 0.515. The minimum Gasteiger partial charge on any atom is -0.357 e. The Morgan fingerprint density at radius 2 is 2.26 bits per heavy atom. The van der Waals surface area contributed by atoms with Crippen molar-refractivity contribution < 1.29 is 0 Å². The number of rotatable bonds is 4. The van der Waals surface area contributed by atoms with Crippen LogP contribution in [0.2, 0.25) is 0 Å². The van der Waals surface area contributed by atoms with E-state index in [0.29, 0.717) is 11.5 Å². The van der Waals surface area contributed by atoms with E-state index in [1.165, 1.54) is 38.0 Å². The molecule has 6 nitrogen and oxygen atoms in total. The number of hydrogen-bond acceptors (Lipinski definition) is 5. The van der Waals surface area contributed by atoms with Crippen molar-refractivity contribution in [2.24, 2.45) is 5.41 Å². The van der Waals surface area contributed by atoms with Crippen molar-refractivity contribution in [2.75, 3.05) is 25.0 Å². The number of H-pyrrole nitrogens is 1. The van der Waals surface area contributed by atoms with Crippen molar-refractivity contribution in [1.82, 2.24) is 25.1 Å². The molecule has 1 aliphatic carbocycles. The van der Waals surface area contributed by atoms with Crippen molar-refractivity contribution in [1.29, 1.82) is 0 Å². The maximum absolute atomic E-state index is 4.42. The molecule has 0 unspecified atom stereocenters. The number of nitrogens with zero attached hydrogens (tertiary/aromatic N) is 5. The SMILES string of the molecule is Cc1cc(N(C)C2CC3(CCN(Cc4ccn[nH]4)C3)C2)ncn1. The highest BCUT2D eigenvalue weighted by molar-refractivity contribution is 5.40. The van der Waals surface area contributed by atoms with Crippen LogP contribution in [0.4, 0.5) is 5.82 Å². The van der Waals surface area contributed by atoms with Crippen LogP contribution in [0, 0.1) is 12.3 Å². The van der Waals surface area contributed by atoms with Crippen LogP contribution in [-0.2, 0) is 6.54 Å². The number of likely N-dealkylation sites (tertiary alicyclic amines) is 1. The summed E-state index contributed by atoms with van der Waals surface area (Å²) in [6.45, 7) is 5.42. The smallest absolute Gasteiger partial charge is 0.132 e. The second-order valence-electron chi connectivity index (χ2n) is 7.23. The van der Waals surface area contributed by atoms with E-state index in [9.17, 15) is 0 Å². The van der Waals surface area contributed by atoms with Gasteiger partial charge in [-0.25, -0.2) is 9.97 Å². The average Bonchev–Trinajstić information content (AvgIpc) is 3.15. The lowest BCUT2D eigenvalue weighted by Crippen LogP contribution is -2.51. The third kappa shape index (κ3) is 2.83. The molecule has 0 bridgehead atoms. The molecule has 1 spiro atoms. The molecule has 3 heterocycles. The van der Waals surface area contributed by atoms with E-state index in [4.69, 9.17) is 0 Å². The molecule has 2 aromatic rings. The molecule has 1 N–H and O–H groups in total. The highest BCUT2D eigenvalue weighted by atomic mass is 15.2. The third-order valence-electron chi connectivity index (χ3n) is 5.51. The third-order valence-corrected chi connectivity index (χ3v) is 5.51. The molecule has 0 atom stereocenters. The lowest BCUT2D eigenvalue weighted by Gasteiger charge is -2.49. The molecule has 1 aliphatic heterocycles. The molecular weight excluding hydrogens is 288 g/mol. The Morgan fingerprint density at radius 1 is 1.39 bits per heavy atom.